The summed E-state index contributed by atoms with van der Waals surface area (Å²) in [6.07, 6.45) is 1.04. The molecular formula is C22H27ClNO7P. The van der Waals surface area contributed by atoms with Crippen LogP contribution in [0.2, 0.25) is 0 Å². The van der Waals surface area contributed by atoms with E-state index in [-0.39, 0.29) is 17.8 Å². The lowest BCUT2D eigenvalue weighted by Crippen LogP contribution is -2.37. The molecular weight excluding hydrogens is 457 g/mol. The lowest BCUT2D eigenvalue weighted by molar-refractivity contribution is -0.154. The Balaban J connectivity index is 1.64. The number of rotatable bonds is 8. The number of esters is 2. The molecule has 3 rings (SSSR count). The molecule has 1 aliphatic heterocycles. The first-order valence-electron chi connectivity index (χ1n) is 10.4. The average Bonchev–Trinajstić information content (AvgIpc) is 2.77. The van der Waals surface area contributed by atoms with E-state index in [2.05, 4.69) is 5.09 Å². The van der Waals surface area contributed by atoms with E-state index in [9.17, 15) is 14.2 Å². The summed E-state index contributed by atoms with van der Waals surface area (Å²) in [5, 5.41) is 4.21. The molecule has 0 radical (unpaired) electrons. The molecule has 32 heavy (non-hydrogen) atoms. The summed E-state index contributed by atoms with van der Waals surface area (Å²) in [4.78, 5) is 24.1. The zero-order chi connectivity index (χ0) is 23.3. The number of nitrogens with one attached hydrogen (secondary N) is 1. The molecule has 8 nitrogen and oxygen atoms in total. The highest BCUT2D eigenvalue weighted by molar-refractivity contribution is 7.84. The number of benzene rings is 2. The van der Waals surface area contributed by atoms with Crippen molar-refractivity contribution in [2.24, 2.45) is 0 Å². The molecule has 1 aliphatic rings. The van der Waals surface area contributed by atoms with Gasteiger partial charge in [-0.3, -0.25) is 9.59 Å². The van der Waals surface area contributed by atoms with Gasteiger partial charge in [0.05, 0.1) is 26.2 Å². The van der Waals surface area contributed by atoms with E-state index in [0.717, 1.165) is 16.3 Å². The molecule has 1 fully saturated rings. The minimum atomic E-state index is -3.86. The Kier molecular flexibility index (Phi) is 8.17. The van der Waals surface area contributed by atoms with Crippen molar-refractivity contribution in [1.82, 2.24) is 5.09 Å². The number of methoxy groups -OCH3 is 1. The monoisotopic (exact) mass is 483 g/mol. The fourth-order valence-corrected chi connectivity index (χ4v) is 5.07. The van der Waals surface area contributed by atoms with Crippen LogP contribution in [0.4, 0.5) is 0 Å². The Morgan fingerprint density at radius 3 is 2.44 bits per heavy atom. The maximum Gasteiger partial charge on any atom is 0.409 e. The van der Waals surface area contributed by atoms with E-state index < -0.39 is 24.8 Å². The Morgan fingerprint density at radius 2 is 1.75 bits per heavy atom. The van der Waals surface area contributed by atoms with Gasteiger partial charge in [0, 0.05) is 24.1 Å². The summed E-state index contributed by atoms with van der Waals surface area (Å²) in [5.41, 5.74) is 0.819. The third-order valence-corrected chi connectivity index (χ3v) is 6.91. The summed E-state index contributed by atoms with van der Waals surface area (Å²) < 4.78 is 33.6. The van der Waals surface area contributed by atoms with Crippen molar-refractivity contribution in [2.45, 2.75) is 44.8 Å². The van der Waals surface area contributed by atoms with E-state index in [0.29, 0.717) is 26.1 Å². The van der Waals surface area contributed by atoms with Crippen LogP contribution in [0, 0.1) is 0 Å². The van der Waals surface area contributed by atoms with Crippen LogP contribution >= 0.6 is 18.1 Å². The standard InChI is InChI=1S/C22H27ClNO7P/c1-14(21(25)28-3)16-4-5-18-13-20(7-6-17(18)12-16)31-32(23,27)24-15(2)22(26)30-19-8-10-29-11-9-19/h4-7,12-15,19H,8-11H2,1-3H3,(H,24,27)/t14-,15-,32?/m0/s1. The molecule has 0 spiro atoms. The summed E-state index contributed by atoms with van der Waals surface area (Å²) in [6, 6.07) is 9.70. The second kappa shape index (κ2) is 10.7. The number of carbonyl (C=O) groups excluding carboxylic acids is 2. The molecule has 2 aromatic rings. The van der Waals surface area contributed by atoms with Crippen molar-refractivity contribution in [3.05, 3.63) is 42.0 Å². The van der Waals surface area contributed by atoms with Crippen molar-refractivity contribution < 1.29 is 32.9 Å². The molecule has 3 atom stereocenters. The molecule has 0 amide bonds. The number of carbonyl (C=O) groups is 2. The molecule has 1 unspecified atom stereocenters. The lowest BCUT2D eigenvalue weighted by Gasteiger charge is -2.24. The molecule has 0 aromatic heterocycles. The minimum absolute atomic E-state index is 0.219. The smallest absolute Gasteiger partial charge is 0.409 e. The van der Waals surface area contributed by atoms with Crippen LogP contribution in [0.15, 0.2) is 36.4 Å². The van der Waals surface area contributed by atoms with Crippen molar-refractivity contribution in [1.29, 1.82) is 0 Å². The van der Waals surface area contributed by atoms with Crippen LogP contribution in [-0.2, 0) is 28.4 Å². The Labute approximate surface area is 191 Å². The van der Waals surface area contributed by atoms with E-state index in [4.69, 9.17) is 30.0 Å². The number of halogens is 1. The second-order valence-corrected chi connectivity index (χ2v) is 10.4. The van der Waals surface area contributed by atoms with Gasteiger partial charge in [0.1, 0.15) is 17.9 Å². The summed E-state index contributed by atoms with van der Waals surface area (Å²) in [6.45, 7) is 0.515. The molecule has 174 valence electrons. The van der Waals surface area contributed by atoms with Gasteiger partial charge in [-0.25, -0.2) is 9.65 Å². The average molecular weight is 484 g/mol. The van der Waals surface area contributed by atoms with Crippen LogP contribution in [0.5, 0.6) is 5.75 Å². The fraction of sp³-hybridized carbons (Fsp3) is 0.455. The molecule has 10 heteroatoms. The third-order valence-electron chi connectivity index (χ3n) is 5.27. The van der Waals surface area contributed by atoms with Crippen LogP contribution in [0.25, 0.3) is 10.8 Å². The van der Waals surface area contributed by atoms with Gasteiger partial charge in [0.25, 0.3) is 0 Å². The van der Waals surface area contributed by atoms with Crippen LogP contribution in [0.3, 0.4) is 0 Å². The van der Waals surface area contributed by atoms with Gasteiger partial charge < -0.3 is 18.7 Å². The molecule has 0 saturated carbocycles. The van der Waals surface area contributed by atoms with Gasteiger partial charge in [0.2, 0.25) is 0 Å². The van der Waals surface area contributed by atoms with Crippen molar-refractivity contribution in [3.8, 4) is 5.75 Å². The van der Waals surface area contributed by atoms with Crippen LogP contribution in [0.1, 0.15) is 38.2 Å². The van der Waals surface area contributed by atoms with Gasteiger partial charge >= 0.3 is 18.8 Å². The van der Waals surface area contributed by atoms with Crippen molar-refractivity contribution >= 4 is 40.8 Å². The Morgan fingerprint density at radius 1 is 1.09 bits per heavy atom. The first-order valence-corrected chi connectivity index (χ1v) is 12.9. The highest BCUT2D eigenvalue weighted by Gasteiger charge is 2.30. The predicted octanol–water partition coefficient (Wildman–Crippen LogP) is 4.54. The summed E-state index contributed by atoms with van der Waals surface area (Å²) in [5.74, 6) is -0.980. The van der Waals surface area contributed by atoms with Crippen LogP contribution < -0.4 is 9.61 Å². The highest BCUT2D eigenvalue weighted by atomic mass is 35.7. The van der Waals surface area contributed by atoms with Gasteiger partial charge in [-0.05, 0) is 42.3 Å². The molecule has 1 N–H and O–H groups in total. The summed E-state index contributed by atoms with van der Waals surface area (Å²) in [7, 11) is 1.35. The summed E-state index contributed by atoms with van der Waals surface area (Å²) >= 11 is 6.06. The lowest BCUT2D eigenvalue weighted by atomic mass is 9.98. The van der Waals surface area contributed by atoms with Gasteiger partial charge in [0.15, 0.2) is 0 Å². The zero-order valence-electron chi connectivity index (χ0n) is 18.2. The maximum absolute atomic E-state index is 12.7. The molecule has 1 heterocycles. The topological polar surface area (TPSA) is 100 Å². The van der Waals surface area contributed by atoms with Gasteiger partial charge in [-0.15, -0.1) is 0 Å². The van der Waals surface area contributed by atoms with E-state index in [1.807, 2.05) is 18.2 Å². The highest BCUT2D eigenvalue weighted by Crippen LogP contribution is 2.49. The number of fused-ring (bicyclic) bond motifs is 1. The number of ether oxygens (including phenoxy) is 3. The SMILES string of the molecule is COC(=O)[C@@H](C)c1ccc2cc(OP(=O)(Cl)N[C@@H](C)C(=O)OC3CCOCC3)ccc2c1. The predicted molar refractivity (Wildman–Crippen MR) is 121 cm³/mol. The quantitative estimate of drug-likeness (QED) is 0.431. The first kappa shape index (κ1) is 24.5. The van der Waals surface area contributed by atoms with Crippen LogP contribution in [-0.4, -0.2) is 44.4 Å². The largest absolute Gasteiger partial charge is 0.469 e. The first-order chi connectivity index (χ1) is 15.2. The maximum atomic E-state index is 12.7. The molecule has 0 bridgehead atoms. The van der Waals surface area contributed by atoms with Crippen molar-refractivity contribution in [2.75, 3.05) is 20.3 Å². The number of hydrogen-bond donors (Lipinski definition) is 1. The Bertz CT molecular complexity index is 1020. The minimum Gasteiger partial charge on any atom is -0.469 e. The second-order valence-electron chi connectivity index (χ2n) is 7.68. The van der Waals surface area contributed by atoms with Gasteiger partial charge in [-0.2, -0.15) is 0 Å². The Hall–Kier alpha value is -2.12. The van der Waals surface area contributed by atoms with E-state index >= 15 is 0 Å². The van der Waals surface area contributed by atoms with E-state index in [1.165, 1.54) is 14.0 Å². The van der Waals surface area contributed by atoms with Gasteiger partial charge in [-0.1, -0.05) is 24.3 Å². The fourth-order valence-electron chi connectivity index (χ4n) is 3.39. The van der Waals surface area contributed by atoms with Crippen molar-refractivity contribution in [3.63, 3.8) is 0 Å². The van der Waals surface area contributed by atoms with E-state index in [1.54, 1.807) is 25.1 Å². The zero-order valence-corrected chi connectivity index (χ0v) is 19.9. The molecule has 1 saturated heterocycles. The molecule has 0 aliphatic carbocycles. The number of hydrogen-bond acceptors (Lipinski definition) is 7. The third kappa shape index (κ3) is 6.45. The molecule has 2 aromatic carbocycles. The normalized spacial score (nSPS) is 18.4.